The van der Waals surface area contributed by atoms with Crippen molar-refractivity contribution >= 4 is 32.6 Å². The molecule has 6 heteroatoms. The van der Waals surface area contributed by atoms with Crippen molar-refractivity contribution in [2.45, 2.75) is 6.92 Å². The first-order chi connectivity index (χ1) is 11.1. The number of amides is 1. The molecule has 1 aromatic heterocycles. The van der Waals surface area contributed by atoms with E-state index in [0.29, 0.717) is 16.4 Å². The van der Waals surface area contributed by atoms with Gasteiger partial charge >= 0.3 is 0 Å². The van der Waals surface area contributed by atoms with Gasteiger partial charge < -0.3 is 9.47 Å². The third-order valence-corrected chi connectivity index (χ3v) is 4.41. The number of thiazole rings is 1. The molecule has 1 heterocycles. The first kappa shape index (κ1) is 15.3. The summed E-state index contributed by atoms with van der Waals surface area (Å²) < 4.78 is 11.5. The molecule has 23 heavy (non-hydrogen) atoms. The van der Waals surface area contributed by atoms with Gasteiger partial charge in [-0.1, -0.05) is 23.5 Å². The van der Waals surface area contributed by atoms with Crippen LogP contribution in [0.15, 0.2) is 36.4 Å². The predicted octanol–water partition coefficient (Wildman–Crippen LogP) is 3.87. The van der Waals surface area contributed by atoms with Crippen molar-refractivity contribution in [3.63, 3.8) is 0 Å². The number of hydrogen-bond acceptors (Lipinski definition) is 5. The van der Waals surface area contributed by atoms with Gasteiger partial charge in [0.25, 0.3) is 5.91 Å². The van der Waals surface area contributed by atoms with Gasteiger partial charge in [-0.05, 0) is 36.8 Å². The van der Waals surface area contributed by atoms with Crippen molar-refractivity contribution in [3.8, 4) is 11.5 Å². The minimum atomic E-state index is -0.239. The molecule has 118 valence electrons. The lowest BCUT2D eigenvalue weighted by atomic mass is 10.1. The average molecular weight is 328 g/mol. The molecule has 1 N–H and O–H groups in total. The van der Waals surface area contributed by atoms with E-state index in [-0.39, 0.29) is 5.91 Å². The SMILES string of the molecule is COc1ccc2nc(NC(=O)c3cccc(C)c3OC)sc2c1. The zero-order chi connectivity index (χ0) is 16.4. The van der Waals surface area contributed by atoms with Gasteiger partial charge in [-0.3, -0.25) is 10.1 Å². The number of aryl methyl sites for hydroxylation is 1. The number of carbonyl (C=O) groups is 1. The van der Waals surface area contributed by atoms with Gasteiger partial charge in [0.15, 0.2) is 5.13 Å². The van der Waals surface area contributed by atoms with Gasteiger partial charge in [0.1, 0.15) is 11.5 Å². The Balaban J connectivity index is 1.90. The average Bonchev–Trinajstić information content (AvgIpc) is 2.95. The second-order valence-corrected chi connectivity index (χ2v) is 5.99. The fourth-order valence-electron chi connectivity index (χ4n) is 2.35. The van der Waals surface area contributed by atoms with Crippen LogP contribution in [0.4, 0.5) is 5.13 Å². The zero-order valence-electron chi connectivity index (χ0n) is 13.0. The van der Waals surface area contributed by atoms with E-state index in [1.807, 2.05) is 37.3 Å². The summed E-state index contributed by atoms with van der Waals surface area (Å²) in [6.45, 7) is 1.90. The molecule has 0 aliphatic rings. The molecule has 3 rings (SSSR count). The maximum absolute atomic E-state index is 12.5. The van der Waals surface area contributed by atoms with E-state index >= 15 is 0 Å². The molecule has 0 saturated carbocycles. The highest BCUT2D eigenvalue weighted by atomic mass is 32.1. The van der Waals surface area contributed by atoms with Gasteiger partial charge in [0, 0.05) is 0 Å². The molecule has 0 saturated heterocycles. The van der Waals surface area contributed by atoms with E-state index in [2.05, 4.69) is 10.3 Å². The number of rotatable bonds is 4. The molecule has 3 aromatic rings. The van der Waals surface area contributed by atoms with Crippen molar-refractivity contribution in [1.29, 1.82) is 0 Å². The summed E-state index contributed by atoms with van der Waals surface area (Å²) in [6.07, 6.45) is 0. The lowest BCUT2D eigenvalue weighted by Gasteiger charge is -2.10. The summed E-state index contributed by atoms with van der Waals surface area (Å²) in [6, 6.07) is 11.1. The lowest BCUT2D eigenvalue weighted by molar-refractivity contribution is 0.102. The molecule has 5 nitrogen and oxygen atoms in total. The Morgan fingerprint density at radius 1 is 1.17 bits per heavy atom. The van der Waals surface area contributed by atoms with Gasteiger partial charge in [0.2, 0.25) is 0 Å². The summed E-state index contributed by atoms with van der Waals surface area (Å²) in [5.74, 6) is 1.10. The summed E-state index contributed by atoms with van der Waals surface area (Å²) in [5.41, 5.74) is 2.22. The quantitative estimate of drug-likeness (QED) is 0.790. The normalized spacial score (nSPS) is 10.6. The number of anilines is 1. The van der Waals surface area contributed by atoms with E-state index in [1.165, 1.54) is 11.3 Å². The maximum Gasteiger partial charge on any atom is 0.261 e. The van der Waals surface area contributed by atoms with Gasteiger partial charge in [-0.2, -0.15) is 0 Å². The summed E-state index contributed by atoms with van der Waals surface area (Å²) in [5, 5.41) is 3.38. The van der Waals surface area contributed by atoms with E-state index < -0.39 is 0 Å². The smallest absolute Gasteiger partial charge is 0.261 e. The molecular formula is C17H16N2O3S. The number of nitrogens with one attached hydrogen (secondary N) is 1. The Morgan fingerprint density at radius 3 is 2.74 bits per heavy atom. The summed E-state index contributed by atoms with van der Waals surface area (Å²) >= 11 is 1.40. The number of hydrogen-bond donors (Lipinski definition) is 1. The molecule has 0 radical (unpaired) electrons. The topological polar surface area (TPSA) is 60.5 Å². The third-order valence-electron chi connectivity index (χ3n) is 3.48. The van der Waals surface area contributed by atoms with E-state index in [1.54, 1.807) is 20.3 Å². The first-order valence-electron chi connectivity index (χ1n) is 7.02. The Bertz CT molecular complexity index is 873. The van der Waals surface area contributed by atoms with E-state index in [4.69, 9.17) is 9.47 Å². The van der Waals surface area contributed by atoms with Crippen molar-refractivity contribution in [2.75, 3.05) is 19.5 Å². The van der Waals surface area contributed by atoms with Crippen molar-refractivity contribution in [1.82, 2.24) is 4.98 Å². The Morgan fingerprint density at radius 2 is 2.00 bits per heavy atom. The van der Waals surface area contributed by atoms with E-state index in [9.17, 15) is 4.79 Å². The van der Waals surface area contributed by atoms with Crippen LogP contribution in [0.5, 0.6) is 11.5 Å². The second-order valence-electron chi connectivity index (χ2n) is 4.96. The standard InChI is InChI=1S/C17H16N2O3S/c1-10-5-4-6-12(15(10)22-3)16(20)19-17-18-13-8-7-11(21-2)9-14(13)23-17/h4-9H,1-3H3,(H,18,19,20). The summed E-state index contributed by atoms with van der Waals surface area (Å²) in [4.78, 5) is 16.9. The number of para-hydroxylation sites is 1. The number of nitrogens with zero attached hydrogens (tertiary/aromatic N) is 1. The first-order valence-corrected chi connectivity index (χ1v) is 7.83. The molecule has 0 aliphatic carbocycles. The van der Waals surface area contributed by atoms with Crippen molar-refractivity contribution in [3.05, 3.63) is 47.5 Å². The van der Waals surface area contributed by atoms with Crippen LogP contribution in [0.1, 0.15) is 15.9 Å². The van der Waals surface area contributed by atoms with Gasteiger partial charge in [-0.25, -0.2) is 4.98 Å². The highest BCUT2D eigenvalue weighted by Crippen LogP contribution is 2.30. The zero-order valence-corrected chi connectivity index (χ0v) is 13.9. The summed E-state index contributed by atoms with van der Waals surface area (Å²) in [7, 11) is 3.18. The number of aromatic nitrogens is 1. The largest absolute Gasteiger partial charge is 0.497 e. The molecular weight excluding hydrogens is 312 g/mol. The molecule has 0 bridgehead atoms. The highest BCUT2D eigenvalue weighted by Gasteiger charge is 2.16. The fraction of sp³-hybridized carbons (Fsp3) is 0.176. The van der Waals surface area contributed by atoms with Crippen LogP contribution in [-0.4, -0.2) is 25.1 Å². The molecule has 0 aliphatic heterocycles. The minimum absolute atomic E-state index is 0.239. The number of benzene rings is 2. The predicted molar refractivity (Wildman–Crippen MR) is 91.9 cm³/mol. The molecule has 1 amide bonds. The minimum Gasteiger partial charge on any atom is -0.497 e. The number of fused-ring (bicyclic) bond motifs is 1. The van der Waals surface area contributed by atoms with Crippen molar-refractivity contribution < 1.29 is 14.3 Å². The van der Waals surface area contributed by atoms with Gasteiger partial charge in [0.05, 0.1) is 30.0 Å². The molecule has 2 aromatic carbocycles. The van der Waals surface area contributed by atoms with Crippen LogP contribution >= 0.6 is 11.3 Å². The fourth-order valence-corrected chi connectivity index (χ4v) is 3.24. The molecule has 0 unspecified atom stereocenters. The van der Waals surface area contributed by atoms with E-state index in [0.717, 1.165) is 21.5 Å². The van der Waals surface area contributed by atoms with Crippen LogP contribution in [0.3, 0.4) is 0 Å². The third kappa shape index (κ3) is 2.98. The second kappa shape index (κ2) is 6.26. The number of methoxy groups -OCH3 is 2. The van der Waals surface area contributed by atoms with Crippen LogP contribution in [-0.2, 0) is 0 Å². The molecule has 0 fully saturated rings. The van der Waals surface area contributed by atoms with Crippen molar-refractivity contribution in [2.24, 2.45) is 0 Å². The number of ether oxygens (including phenoxy) is 2. The Labute approximate surface area is 137 Å². The van der Waals surface area contributed by atoms with Crippen LogP contribution in [0.2, 0.25) is 0 Å². The Kier molecular flexibility index (Phi) is 4.16. The molecule has 0 atom stereocenters. The Hall–Kier alpha value is -2.60. The maximum atomic E-state index is 12.5. The molecule has 0 spiro atoms. The van der Waals surface area contributed by atoms with Crippen LogP contribution in [0, 0.1) is 6.92 Å². The number of carbonyl (C=O) groups excluding carboxylic acids is 1. The monoisotopic (exact) mass is 328 g/mol. The lowest BCUT2D eigenvalue weighted by Crippen LogP contribution is -2.13. The van der Waals surface area contributed by atoms with Crippen LogP contribution < -0.4 is 14.8 Å². The van der Waals surface area contributed by atoms with Crippen LogP contribution in [0.25, 0.3) is 10.2 Å². The van der Waals surface area contributed by atoms with Gasteiger partial charge in [-0.15, -0.1) is 0 Å². The highest BCUT2D eigenvalue weighted by molar-refractivity contribution is 7.22.